The number of methoxy groups -OCH3 is 1. The standard InChI is InChI=1S/C10H7ClFNO2/c1-15-10(14)8-2-7(5-13)9(12)3-6(8)4-11/h2-3H,4H2,1H3. The Morgan fingerprint density at radius 1 is 1.67 bits per heavy atom. The van der Waals surface area contributed by atoms with Gasteiger partial charge in [-0.25, -0.2) is 9.18 Å². The quantitative estimate of drug-likeness (QED) is 0.575. The SMILES string of the molecule is COC(=O)c1cc(C#N)c(F)cc1CCl. The van der Waals surface area contributed by atoms with E-state index in [1.807, 2.05) is 0 Å². The first-order valence-electron chi connectivity index (χ1n) is 4.00. The third-order valence-corrected chi connectivity index (χ3v) is 2.15. The molecule has 0 fully saturated rings. The highest BCUT2D eigenvalue weighted by molar-refractivity contribution is 6.17. The number of halogens is 2. The highest BCUT2D eigenvalue weighted by Gasteiger charge is 2.15. The molecule has 0 spiro atoms. The van der Waals surface area contributed by atoms with Crippen LogP contribution in [0.3, 0.4) is 0 Å². The molecule has 0 unspecified atom stereocenters. The van der Waals surface area contributed by atoms with Crippen molar-refractivity contribution in [2.24, 2.45) is 0 Å². The van der Waals surface area contributed by atoms with Gasteiger partial charge in [-0.15, -0.1) is 11.6 Å². The summed E-state index contributed by atoms with van der Waals surface area (Å²) in [5.74, 6) is -1.35. The summed E-state index contributed by atoms with van der Waals surface area (Å²) in [5.41, 5.74) is 0.217. The molecule has 1 aromatic carbocycles. The maximum Gasteiger partial charge on any atom is 0.338 e. The fourth-order valence-corrected chi connectivity index (χ4v) is 1.33. The monoisotopic (exact) mass is 227 g/mol. The van der Waals surface area contributed by atoms with Crippen LogP contribution in [0.5, 0.6) is 0 Å². The first-order valence-corrected chi connectivity index (χ1v) is 4.54. The van der Waals surface area contributed by atoms with E-state index >= 15 is 0 Å². The van der Waals surface area contributed by atoms with Crippen molar-refractivity contribution < 1.29 is 13.9 Å². The van der Waals surface area contributed by atoms with E-state index in [2.05, 4.69) is 4.74 Å². The summed E-state index contributed by atoms with van der Waals surface area (Å²) in [4.78, 5) is 11.3. The second-order valence-electron chi connectivity index (χ2n) is 2.73. The van der Waals surface area contributed by atoms with E-state index < -0.39 is 11.8 Å². The summed E-state index contributed by atoms with van der Waals surface area (Å²) in [6, 6.07) is 3.85. The van der Waals surface area contributed by atoms with Crippen molar-refractivity contribution in [3.05, 3.63) is 34.6 Å². The minimum absolute atomic E-state index is 0.0208. The zero-order chi connectivity index (χ0) is 11.4. The molecule has 0 saturated carbocycles. The lowest BCUT2D eigenvalue weighted by Gasteiger charge is -2.06. The van der Waals surface area contributed by atoms with Gasteiger partial charge >= 0.3 is 5.97 Å². The van der Waals surface area contributed by atoms with Crippen LogP contribution in [0, 0.1) is 17.1 Å². The summed E-state index contributed by atoms with van der Waals surface area (Å²) in [7, 11) is 1.20. The van der Waals surface area contributed by atoms with E-state index in [1.165, 1.54) is 7.11 Å². The first kappa shape index (κ1) is 11.5. The van der Waals surface area contributed by atoms with E-state index in [4.69, 9.17) is 16.9 Å². The molecule has 0 aliphatic carbocycles. The van der Waals surface area contributed by atoms with Crippen LogP contribution in [0.15, 0.2) is 12.1 Å². The van der Waals surface area contributed by atoms with Gasteiger partial charge in [0.1, 0.15) is 11.9 Å². The fourth-order valence-electron chi connectivity index (χ4n) is 1.11. The average molecular weight is 228 g/mol. The topological polar surface area (TPSA) is 50.1 Å². The van der Waals surface area contributed by atoms with Crippen molar-refractivity contribution >= 4 is 17.6 Å². The van der Waals surface area contributed by atoms with E-state index in [-0.39, 0.29) is 17.0 Å². The van der Waals surface area contributed by atoms with Crippen molar-refractivity contribution in [1.82, 2.24) is 0 Å². The Kier molecular flexibility index (Phi) is 3.64. The molecule has 1 aromatic rings. The Morgan fingerprint density at radius 2 is 2.33 bits per heavy atom. The average Bonchev–Trinajstić information content (AvgIpc) is 2.27. The van der Waals surface area contributed by atoms with Gasteiger partial charge in [0.05, 0.1) is 18.2 Å². The molecule has 3 nitrogen and oxygen atoms in total. The van der Waals surface area contributed by atoms with Crippen LogP contribution in [-0.2, 0) is 10.6 Å². The van der Waals surface area contributed by atoms with Crippen molar-refractivity contribution in [3.63, 3.8) is 0 Å². The van der Waals surface area contributed by atoms with E-state index in [0.29, 0.717) is 5.56 Å². The van der Waals surface area contributed by atoms with Gasteiger partial charge in [0.15, 0.2) is 0 Å². The molecule has 0 N–H and O–H groups in total. The number of alkyl halides is 1. The molecule has 15 heavy (non-hydrogen) atoms. The number of nitrogens with zero attached hydrogens (tertiary/aromatic N) is 1. The van der Waals surface area contributed by atoms with Gasteiger partial charge in [0.2, 0.25) is 0 Å². The maximum atomic E-state index is 13.2. The molecule has 0 aliphatic rings. The Labute approximate surface area is 91.0 Å². The van der Waals surface area contributed by atoms with Crippen LogP contribution in [-0.4, -0.2) is 13.1 Å². The number of hydrogen-bond acceptors (Lipinski definition) is 3. The number of nitriles is 1. The molecule has 1 rings (SSSR count). The second-order valence-corrected chi connectivity index (χ2v) is 2.99. The minimum atomic E-state index is -0.694. The van der Waals surface area contributed by atoms with Crippen molar-refractivity contribution in [2.75, 3.05) is 7.11 Å². The van der Waals surface area contributed by atoms with Gasteiger partial charge in [0.25, 0.3) is 0 Å². The molecule has 0 radical (unpaired) electrons. The Balaban J connectivity index is 3.36. The number of carbonyl (C=O) groups is 1. The number of rotatable bonds is 2. The smallest absolute Gasteiger partial charge is 0.338 e. The molecule has 0 bridgehead atoms. The maximum absolute atomic E-state index is 13.2. The molecule has 0 atom stereocenters. The molecule has 78 valence electrons. The second kappa shape index (κ2) is 4.76. The minimum Gasteiger partial charge on any atom is -0.465 e. The Hall–Kier alpha value is -1.60. The predicted octanol–water partition coefficient (Wildman–Crippen LogP) is 2.22. The highest BCUT2D eigenvalue weighted by atomic mass is 35.5. The van der Waals surface area contributed by atoms with Gasteiger partial charge < -0.3 is 4.74 Å². The van der Waals surface area contributed by atoms with Crippen LogP contribution < -0.4 is 0 Å². The number of esters is 1. The number of ether oxygens (including phenoxy) is 1. The third-order valence-electron chi connectivity index (χ3n) is 1.86. The van der Waals surface area contributed by atoms with Crippen LogP contribution in [0.25, 0.3) is 0 Å². The van der Waals surface area contributed by atoms with Crippen LogP contribution in [0.4, 0.5) is 4.39 Å². The first-order chi connectivity index (χ1) is 7.13. The molecule has 0 aliphatic heterocycles. The Morgan fingerprint density at radius 3 is 2.80 bits per heavy atom. The molecule has 0 aromatic heterocycles. The third kappa shape index (κ3) is 2.25. The normalized spacial score (nSPS) is 9.47. The summed E-state index contributed by atoms with van der Waals surface area (Å²) in [6.07, 6.45) is 0. The molecule has 0 saturated heterocycles. The van der Waals surface area contributed by atoms with Gasteiger partial charge in [0, 0.05) is 5.88 Å². The summed E-state index contributed by atoms with van der Waals surface area (Å²) >= 11 is 5.54. The number of hydrogen-bond donors (Lipinski definition) is 0. The lowest BCUT2D eigenvalue weighted by Crippen LogP contribution is -2.06. The Bertz CT molecular complexity index is 440. The van der Waals surface area contributed by atoms with Crippen LogP contribution in [0.2, 0.25) is 0 Å². The lowest BCUT2D eigenvalue weighted by atomic mass is 10.0. The summed E-state index contributed by atoms with van der Waals surface area (Å²) in [6.45, 7) is 0. The largest absolute Gasteiger partial charge is 0.465 e. The van der Waals surface area contributed by atoms with Crippen molar-refractivity contribution in [1.29, 1.82) is 5.26 Å². The fraction of sp³-hybridized carbons (Fsp3) is 0.200. The lowest BCUT2D eigenvalue weighted by molar-refractivity contribution is 0.0599. The van der Waals surface area contributed by atoms with Gasteiger partial charge in [-0.05, 0) is 17.7 Å². The molecule has 0 heterocycles. The van der Waals surface area contributed by atoms with Gasteiger partial charge in [-0.1, -0.05) is 0 Å². The van der Waals surface area contributed by atoms with E-state index in [1.54, 1.807) is 6.07 Å². The zero-order valence-electron chi connectivity index (χ0n) is 7.88. The molecular formula is C10H7ClFNO2. The summed E-state index contributed by atoms with van der Waals surface area (Å²) in [5, 5.41) is 8.59. The number of benzene rings is 1. The molecule has 5 heteroatoms. The molecular weight excluding hydrogens is 221 g/mol. The molecule has 0 amide bonds. The van der Waals surface area contributed by atoms with Gasteiger partial charge in [-0.3, -0.25) is 0 Å². The van der Waals surface area contributed by atoms with Crippen LogP contribution in [0.1, 0.15) is 21.5 Å². The zero-order valence-corrected chi connectivity index (χ0v) is 8.64. The van der Waals surface area contributed by atoms with Gasteiger partial charge in [-0.2, -0.15) is 5.26 Å². The van der Waals surface area contributed by atoms with Crippen molar-refractivity contribution in [3.8, 4) is 6.07 Å². The van der Waals surface area contributed by atoms with E-state index in [9.17, 15) is 9.18 Å². The number of carbonyl (C=O) groups excluding carboxylic acids is 1. The summed E-state index contributed by atoms with van der Waals surface area (Å²) < 4.78 is 17.6. The van der Waals surface area contributed by atoms with Crippen molar-refractivity contribution in [2.45, 2.75) is 5.88 Å². The predicted molar refractivity (Wildman–Crippen MR) is 52.0 cm³/mol. The van der Waals surface area contributed by atoms with E-state index in [0.717, 1.165) is 12.1 Å². The highest BCUT2D eigenvalue weighted by Crippen LogP contribution is 2.18. The van der Waals surface area contributed by atoms with Crippen LogP contribution >= 0.6 is 11.6 Å².